The van der Waals surface area contributed by atoms with E-state index < -0.39 is 0 Å². The lowest BCUT2D eigenvalue weighted by molar-refractivity contribution is 0.0331. The Morgan fingerprint density at radius 3 is 2.88 bits per heavy atom. The highest BCUT2D eigenvalue weighted by molar-refractivity contribution is 5.74. The van der Waals surface area contributed by atoms with Crippen molar-refractivity contribution in [2.45, 2.75) is 31.9 Å². The highest BCUT2D eigenvalue weighted by Gasteiger charge is 2.22. The van der Waals surface area contributed by atoms with E-state index in [1.165, 1.54) is 5.69 Å². The third-order valence-electron chi connectivity index (χ3n) is 4.74. The maximum atomic E-state index is 12.5. The molecule has 0 aliphatic carbocycles. The molecule has 0 saturated carbocycles. The van der Waals surface area contributed by atoms with Crippen LogP contribution in [0.2, 0.25) is 0 Å². The van der Waals surface area contributed by atoms with Crippen molar-refractivity contribution < 1.29 is 14.3 Å². The molecule has 0 aromatic heterocycles. The highest BCUT2D eigenvalue weighted by atomic mass is 16.5. The summed E-state index contributed by atoms with van der Waals surface area (Å²) in [6.45, 7) is 7.34. The molecule has 2 saturated heterocycles. The normalized spacial score (nSPS) is 22.5. The Balaban J connectivity index is 1.42. The number of hydrogen-bond donors (Lipinski definition) is 1. The standard InChI is InChI=1S/C19H29N3O3/c1-16(14-25-18-8-13-24-15-18)20-19(23)22-10-5-9-21(11-12-22)17-6-3-2-4-7-17/h2-4,6-7,16,18H,5,8-15H2,1H3,(H,20,23). The summed E-state index contributed by atoms with van der Waals surface area (Å²) in [5.74, 6) is 0. The van der Waals surface area contributed by atoms with E-state index >= 15 is 0 Å². The molecular formula is C19H29N3O3. The molecule has 1 aromatic rings. The summed E-state index contributed by atoms with van der Waals surface area (Å²) in [5.41, 5.74) is 1.23. The Bertz CT molecular complexity index is 534. The Morgan fingerprint density at radius 2 is 2.12 bits per heavy atom. The molecule has 1 N–H and O–H groups in total. The van der Waals surface area contributed by atoms with Crippen LogP contribution in [0.4, 0.5) is 10.5 Å². The first kappa shape index (κ1) is 18.0. The van der Waals surface area contributed by atoms with Gasteiger partial charge in [-0.05, 0) is 31.9 Å². The van der Waals surface area contributed by atoms with Crippen molar-refractivity contribution in [3.8, 4) is 0 Å². The quantitative estimate of drug-likeness (QED) is 0.886. The van der Waals surface area contributed by atoms with Gasteiger partial charge in [-0.15, -0.1) is 0 Å². The third-order valence-corrected chi connectivity index (χ3v) is 4.74. The van der Waals surface area contributed by atoms with E-state index in [0.717, 1.165) is 45.6 Å². The number of para-hydroxylation sites is 1. The first-order chi connectivity index (χ1) is 12.2. The van der Waals surface area contributed by atoms with Crippen LogP contribution in [0, 0.1) is 0 Å². The zero-order valence-corrected chi connectivity index (χ0v) is 15.0. The molecule has 1 aromatic carbocycles. The second-order valence-electron chi connectivity index (χ2n) is 6.83. The average Bonchev–Trinajstić information content (AvgIpc) is 3.03. The van der Waals surface area contributed by atoms with Crippen LogP contribution in [0.3, 0.4) is 0 Å². The number of rotatable bonds is 5. The van der Waals surface area contributed by atoms with Gasteiger partial charge in [0.15, 0.2) is 0 Å². The Morgan fingerprint density at radius 1 is 1.28 bits per heavy atom. The van der Waals surface area contributed by atoms with E-state index in [-0.39, 0.29) is 18.2 Å². The lowest BCUT2D eigenvalue weighted by Gasteiger charge is -2.25. The van der Waals surface area contributed by atoms with Gasteiger partial charge in [-0.25, -0.2) is 4.79 Å². The molecule has 0 spiro atoms. The minimum atomic E-state index is 0.00146. The van der Waals surface area contributed by atoms with Gasteiger partial charge in [0.05, 0.1) is 25.4 Å². The molecule has 2 fully saturated rings. The zero-order chi connectivity index (χ0) is 17.5. The fraction of sp³-hybridized carbons (Fsp3) is 0.632. The Labute approximate surface area is 150 Å². The van der Waals surface area contributed by atoms with Crippen molar-refractivity contribution >= 4 is 11.7 Å². The molecule has 6 heteroatoms. The third kappa shape index (κ3) is 5.34. The average molecular weight is 347 g/mol. The number of urea groups is 1. The number of amides is 2. The van der Waals surface area contributed by atoms with Crippen LogP contribution in [0.15, 0.2) is 30.3 Å². The van der Waals surface area contributed by atoms with E-state index in [1.807, 2.05) is 17.9 Å². The summed E-state index contributed by atoms with van der Waals surface area (Å²) in [4.78, 5) is 16.8. The molecule has 138 valence electrons. The summed E-state index contributed by atoms with van der Waals surface area (Å²) in [6.07, 6.45) is 2.10. The maximum absolute atomic E-state index is 12.5. The van der Waals surface area contributed by atoms with Crippen molar-refractivity contribution in [3.63, 3.8) is 0 Å². The zero-order valence-electron chi connectivity index (χ0n) is 15.0. The van der Waals surface area contributed by atoms with Crippen LogP contribution in [-0.2, 0) is 9.47 Å². The first-order valence-corrected chi connectivity index (χ1v) is 9.27. The molecule has 25 heavy (non-hydrogen) atoms. The van der Waals surface area contributed by atoms with Gasteiger partial charge in [0.2, 0.25) is 0 Å². The molecule has 2 aliphatic rings. The topological polar surface area (TPSA) is 54.0 Å². The van der Waals surface area contributed by atoms with E-state index in [1.54, 1.807) is 0 Å². The summed E-state index contributed by atoms with van der Waals surface area (Å²) in [5, 5.41) is 3.06. The predicted molar refractivity (Wildman–Crippen MR) is 98.0 cm³/mol. The number of carbonyl (C=O) groups is 1. The Kier molecular flexibility index (Phi) is 6.53. The van der Waals surface area contributed by atoms with E-state index in [0.29, 0.717) is 13.2 Å². The molecule has 3 rings (SSSR count). The van der Waals surface area contributed by atoms with Crippen molar-refractivity contribution in [1.82, 2.24) is 10.2 Å². The number of nitrogens with one attached hydrogen (secondary N) is 1. The highest BCUT2D eigenvalue weighted by Crippen LogP contribution is 2.16. The summed E-state index contributed by atoms with van der Waals surface area (Å²) < 4.78 is 11.1. The van der Waals surface area contributed by atoms with Gasteiger partial charge in [-0.2, -0.15) is 0 Å². The van der Waals surface area contributed by atoms with E-state index in [4.69, 9.17) is 9.47 Å². The van der Waals surface area contributed by atoms with E-state index in [9.17, 15) is 4.79 Å². The van der Waals surface area contributed by atoms with Gasteiger partial charge in [-0.1, -0.05) is 18.2 Å². The molecule has 6 nitrogen and oxygen atoms in total. The molecular weight excluding hydrogens is 318 g/mol. The number of carbonyl (C=O) groups excluding carboxylic acids is 1. The predicted octanol–water partition coefficient (Wildman–Crippen LogP) is 2.10. The molecule has 0 radical (unpaired) electrons. The SMILES string of the molecule is CC(COC1CCOC1)NC(=O)N1CCCN(c2ccccc2)CC1. The van der Waals surface area contributed by atoms with Crippen LogP contribution in [0.1, 0.15) is 19.8 Å². The summed E-state index contributed by atoms with van der Waals surface area (Å²) >= 11 is 0. The minimum Gasteiger partial charge on any atom is -0.379 e. The molecule has 2 heterocycles. The van der Waals surface area contributed by atoms with Crippen molar-refractivity contribution in [2.24, 2.45) is 0 Å². The van der Waals surface area contributed by atoms with Crippen molar-refractivity contribution in [2.75, 3.05) is 50.9 Å². The van der Waals surface area contributed by atoms with Crippen molar-refractivity contribution in [1.29, 1.82) is 0 Å². The van der Waals surface area contributed by atoms with Crippen LogP contribution in [0.5, 0.6) is 0 Å². The smallest absolute Gasteiger partial charge is 0.317 e. The molecule has 2 unspecified atom stereocenters. The summed E-state index contributed by atoms with van der Waals surface area (Å²) in [7, 11) is 0. The van der Waals surface area contributed by atoms with Crippen LogP contribution in [0.25, 0.3) is 0 Å². The van der Waals surface area contributed by atoms with Gasteiger partial charge in [0, 0.05) is 38.5 Å². The second-order valence-corrected chi connectivity index (χ2v) is 6.83. The van der Waals surface area contributed by atoms with Crippen LogP contribution < -0.4 is 10.2 Å². The number of hydrogen-bond acceptors (Lipinski definition) is 4. The lowest BCUT2D eigenvalue weighted by Crippen LogP contribution is -2.47. The van der Waals surface area contributed by atoms with Gasteiger partial charge >= 0.3 is 6.03 Å². The van der Waals surface area contributed by atoms with E-state index in [2.05, 4.69) is 34.5 Å². The number of nitrogens with zero attached hydrogens (tertiary/aromatic N) is 2. The number of benzene rings is 1. The fourth-order valence-corrected chi connectivity index (χ4v) is 3.29. The molecule has 2 amide bonds. The fourth-order valence-electron chi connectivity index (χ4n) is 3.29. The maximum Gasteiger partial charge on any atom is 0.317 e. The Hall–Kier alpha value is -1.79. The number of anilines is 1. The summed E-state index contributed by atoms with van der Waals surface area (Å²) in [6, 6.07) is 10.4. The van der Waals surface area contributed by atoms with Gasteiger partial charge in [-0.3, -0.25) is 0 Å². The lowest BCUT2D eigenvalue weighted by atomic mass is 10.3. The van der Waals surface area contributed by atoms with Gasteiger partial charge in [0.25, 0.3) is 0 Å². The first-order valence-electron chi connectivity index (χ1n) is 9.27. The van der Waals surface area contributed by atoms with Crippen LogP contribution >= 0.6 is 0 Å². The van der Waals surface area contributed by atoms with Crippen LogP contribution in [-0.4, -0.2) is 69.1 Å². The molecule has 2 aliphatic heterocycles. The molecule has 2 atom stereocenters. The largest absolute Gasteiger partial charge is 0.379 e. The monoisotopic (exact) mass is 347 g/mol. The molecule has 0 bridgehead atoms. The van der Waals surface area contributed by atoms with Crippen molar-refractivity contribution in [3.05, 3.63) is 30.3 Å². The second kappa shape index (κ2) is 9.06. The van der Waals surface area contributed by atoms with Gasteiger partial charge < -0.3 is 24.6 Å². The minimum absolute atomic E-state index is 0.00146. The van der Waals surface area contributed by atoms with Gasteiger partial charge in [0.1, 0.15) is 0 Å². The number of ether oxygens (including phenoxy) is 2.